The fourth-order valence-corrected chi connectivity index (χ4v) is 2.76. The maximum atomic E-state index is 12.5. The van der Waals surface area contributed by atoms with Crippen molar-refractivity contribution < 1.29 is 14.3 Å². The monoisotopic (exact) mass is 319 g/mol. The largest absolute Gasteiger partial charge is 0.462 e. The maximum Gasteiger partial charge on any atom is 0.339 e. The van der Waals surface area contributed by atoms with Crippen molar-refractivity contribution in [1.82, 2.24) is 9.88 Å². The van der Waals surface area contributed by atoms with Crippen LogP contribution in [0.25, 0.3) is 0 Å². The van der Waals surface area contributed by atoms with Gasteiger partial charge in [-0.1, -0.05) is 13.8 Å². The highest BCUT2D eigenvalue weighted by molar-refractivity contribution is 5.89. The zero-order valence-corrected chi connectivity index (χ0v) is 14.3. The Labute approximate surface area is 137 Å². The molecule has 1 atom stereocenters. The fraction of sp³-hybridized carbons (Fsp3) is 0.588. The molecule has 1 amide bonds. The summed E-state index contributed by atoms with van der Waals surface area (Å²) in [6, 6.07) is 3.22. The van der Waals surface area contributed by atoms with Gasteiger partial charge in [-0.2, -0.15) is 0 Å². The van der Waals surface area contributed by atoms with E-state index in [2.05, 4.69) is 18.8 Å². The average molecular weight is 319 g/mol. The van der Waals surface area contributed by atoms with E-state index in [4.69, 9.17) is 4.74 Å². The Hall–Kier alpha value is -2.11. The van der Waals surface area contributed by atoms with Gasteiger partial charge in [0.25, 0.3) is 0 Å². The highest BCUT2D eigenvalue weighted by atomic mass is 16.5. The number of esters is 1. The Morgan fingerprint density at radius 1 is 1.39 bits per heavy atom. The number of piperazine rings is 1. The van der Waals surface area contributed by atoms with E-state index in [9.17, 15) is 9.59 Å². The second-order valence-corrected chi connectivity index (χ2v) is 6.17. The summed E-state index contributed by atoms with van der Waals surface area (Å²) in [6.45, 7) is 10.4. The van der Waals surface area contributed by atoms with Gasteiger partial charge in [-0.05, 0) is 31.9 Å². The molecule has 0 aromatic carbocycles. The number of pyridine rings is 1. The molecule has 0 spiro atoms. The molecule has 126 valence electrons. The molecule has 2 rings (SSSR count). The molecular weight excluding hydrogens is 294 g/mol. The van der Waals surface area contributed by atoms with Crippen molar-refractivity contribution in [1.29, 1.82) is 0 Å². The molecule has 2 heterocycles. The molecule has 1 aromatic heterocycles. The predicted molar refractivity (Wildman–Crippen MR) is 88.4 cm³/mol. The SMILES string of the molecule is CCOC(=O)c1ccc(N2CCN(CC(C)C)C(=O)C2C)nc1. The smallest absolute Gasteiger partial charge is 0.339 e. The minimum Gasteiger partial charge on any atom is -0.462 e. The molecule has 0 aliphatic carbocycles. The van der Waals surface area contributed by atoms with E-state index in [1.165, 1.54) is 6.20 Å². The summed E-state index contributed by atoms with van der Waals surface area (Å²) in [5, 5.41) is 0. The molecule has 0 bridgehead atoms. The molecule has 1 aliphatic heterocycles. The first-order valence-electron chi connectivity index (χ1n) is 8.12. The molecule has 0 radical (unpaired) electrons. The van der Waals surface area contributed by atoms with Gasteiger partial charge in [-0.3, -0.25) is 4.79 Å². The zero-order valence-electron chi connectivity index (χ0n) is 14.3. The van der Waals surface area contributed by atoms with Crippen LogP contribution in [0.5, 0.6) is 0 Å². The lowest BCUT2D eigenvalue weighted by atomic mass is 10.1. The molecule has 6 heteroatoms. The minimum atomic E-state index is -0.377. The number of hydrogen-bond acceptors (Lipinski definition) is 5. The number of nitrogens with zero attached hydrogens (tertiary/aromatic N) is 3. The zero-order chi connectivity index (χ0) is 17.0. The molecule has 0 saturated carbocycles. The highest BCUT2D eigenvalue weighted by Gasteiger charge is 2.32. The van der Waals surface area contributed by atoms with E-state index in [0.717, 1.165) is 13.1 Å². The quantitative estimate of drug-likeness (QED) is 0.776. The predicted octanol–water partition coefficient (Wildman–Crippen LogP) is 1.95. The summed E-state index contributed by atoms with van der Waals surface area (Å²) in [5.41, 5.74) is 0.424. The van der Waals surface area contributed by atoms with Crippen LogP contribution in [0.15, 0.2) is 18.3 Å². The van der Waals surface area contributed by atoms with Crippen molar-refractivity contribution >= 4 is 17.7 Å². The second-order valence-electron chi connectivity index (χ2n) is 6.17. The third kappa shape index (κ3) is 4.00. The number of hydrogen-bond donors (Lipinski definition) is 0. The molecule has 1 fully saturated rings. The summed E-state index contributed by atoms with van der Waals surface area (Å²) in [5.74, 6) is 0.918. The van der Waals surface area contributed by atoms with Crippen LogP contribution in [-0.2, 0) is 9.53 Å². The maximum absolute atomic E-state index is 12.5. The minimum absolute atomic E-state index is 0.126. The van der Waals surface area contributed by atoms with Gasteiger partial charge in [0.05, 0.1) is 12.2 Å². The Morgan fingerprint density at radius 2 is 2.13 bits per heavy atom. The van der Waals surface area contributed by atoms with Gasteiger partial charge in [-0.15, -0.1) is 0 Å². The first kappa shape index (κ1) is 17.2. The molecule has 23 heavy (non-hydrogen) atoms. The first-order chi connectivity index (χ1) is 10.9. The number of aromatic nitrogens is 1. The molecule has 6 nitrogen and oxygen atoms in total. The number of carbonyl (C=O) groups excluding carboxylic acids is 2. The summed E-state index contributed by atoms with van der Waals surface area (Å²) in [6.07, 6.45) is 1.50. The Kier molecular flexibility index (Phi) is 5.58. The van der Waals surface area contributed by atoms with Crippen LogP contribution in [0, 0.1) is 5.92 Å². The first-order valence-corrected chi connectivity index (χ1v) is 8.12. The van der Waals surface area contributed by atoms with E-state index in [0.29, 0.717) is 30.5 Å². The van der Waals surface area contributed by atoms with Crippen LogP contribution >= 0.6 is 0 Å². The van der Waals surface area contributed by atoms with Gasteiger partial charge < -0.3 is 14.5 Å². The Bertz CT molecular complexity index is 557. The molecule has 1 aromatic rings. The molecule has 1 aliphatic rings. The van der Waals surface area contributed by atoms with Crippen molar-refractivity contribution in [2.75, 3.05) is 31.1 Å². The van der Waals surface area contributed by atoms with Crippen LogP contribution in [0.1, 0.15) is 38.1 Å². The van der Waals surface area contributed by atoms with Crippen molar-refractivity contribution in [2.45, 2.75) is 33.7 Å². The molecular formula is C17H25N3O3. The lowest BCUT2D eigenvalue weighted by Crippen LogP contribution is -2.56. The van der Waals surface area contributed by atoms with E-state index >= 15 is 0 Å². The highest BCUT2D eigenvalue weighted by Crippen LogP contribution is 2.20. The third-order valence-electron chi connectivity index (χ3n) is 3.89. The summed E-state index contributed by atoms with van der Waals surface area (Å²) >= 11 is 0. The summed E-state index contributed by atoms with van der Waals surface area (Å²) in [4.78, 5) is 32.4. The van der Waals surface area contributed by atoms with E-state index in [1.807, 2.05) is 16.7 Å². The molecule has 1 unspecified atom stereocenters. The normalized spacial score (nSPS) is 18.5. The van der Waals surface area contributed by atoms with Gasteiger partial charge in [-0.25, -0.2) is 9.78 Å². The van der Waals surface area contributed by atoms with Crippen molar-refractivity contribution in [2.24, 2.45) is 5.92 Å². The van der Waals surface area contributed by atoms with Crippen LogP contribution in [0.2, 0.25) is 0 Å². The van der Waals surface area contributed by atoms with Crippen molar-refractivity contribution in [3.05, 3.63) is 23.9 Å². The van der Waals surface area contributed by atoms with E-state index in [1.54, 1.807) is 19.1 Å². The summed E-state index contributed by atoms with van der Waals surface area (Å²) < 4.78 is 4.95. The number of carbonyl (C=O) groups is 2. The van der Waals surface area contributed by atoms with Crippen molar-refractivity contribution in [3.63, 3.8) is 0 Å². The number of anilines is 1. The van der Waals surface area contributed by atoms with Gasteiger partial charge >= 0.3 is 5.97 Å². The van der Waals surface area contributed by atoms with Crippen LogP contribution in [0.4, 0.5) is 5.82 Å². The number of ether oxygens (including phenoxy) is 1. The fourth-order valence-electron chi connectivity index (χ4n) is 2.76. The van der Waals surface area contributed by atoms with Crippen molar-refractivity contribution in [3.8, 4) is 0 Å². The Balaban J connectivity index is 2.08. The van der Waals surface area contributed by atoms with Crippen LogP contribution in [-0.4, -0.2) is 54.0 Å². The average Bonchev–Trinajstić information content (AvgIpc) is 2.52. The Morgan fingerprint density at radius 3 is 2.70 bits per heavy atom. The van der Waals surface area contributed by atoms with Crippen LogP contribution < -0.4 is 4.90 Å². The molecule has 0 N–H and O–H groups in total. The topological polar surface area (TPSA) is 62.7 Å². The van der Waals surface area contributed by atoms with E-state index in [-0.39, 0.29) is 17.9 Å². The van der Waals surface area contributed by atoms with E-state index < -0.39 is 0 Å². The lowest BCUT2D eigenvalue weighted by Gasteiger charge is -2.40. The third-order valence-corrected chi connectivity index (χ3v) is 3.89. The number of amides is 1. The van der Waals surface area contributed by atoms with Gasteiger partial charge in [0.1, 0.15) is 11.9 Å². The van der Waals surface area contributed by atoms with Gasteiger partial charge in [0, 0.05) is 25.8 Å². The summed E-state index contributed by atoms with van der Waals surface area (Å²) in [7, 11) is 0. The van der Waals surface area contributed by atoms with Crippen LogP contribution in [0.3, 0.4) is 0 Å². The second kappa shape index (κ2) is 7.44. The standard InChI is InChI=1S/C17H25N3O3/c1-5-23-17(22)14-6-7-15(18-10-14)20-9-8-19(11-12(2)3)16(21)13(20)4/h6-7,10,12-13H,5,8-9,11H2,1-4H3. The van der Waals surface area contributed by atoms with Gasteiger partial charge in [0.2, 0.25) is 5.91 Å². The number of rotatable bonds is 5. The molecule has 1 saturated heterocycles. The van der Waals surface area contributed by atoms with Gasteiger partial charge in [0.15, 0.2) is 0 Å². The lowest BCUT2D eigenvalue weighted by molar-refractivity contribution is -0.134.